The topological polar surface area (TPSA) is 3.24 Å². The smallest absolute Gasteiger partial charge is 0.0139 e. The summed E-state index contributed by atoms with van der Waals surface area (Å²) in [5.41, 5.74) is 7.69. The highest BCUT2D eigenvalue weighted by Crippen LogP contribution is 2.53. The van der Waals surface area contributed by atoms with Gasteiger partial charge in [-0.15, -0.1) is 0 Å². The zero-order chi connectivity index (χ0) is 16.7. The Bertz CT molecular complexity index is 715. The molecular weight excluding hydrogens is 290 g/mol. The summed E-state index contributed by atoms with van der Waals surface area (Å²) in [5, 5.41) is 0. The minimum Gasteiger partial charge on any atom is -0.306 e. The van der Waals surface area contributed by atoms with Crippen LogP contribution in [0.25, 0.3) is 0 Å². The maximum absolute atomic E-state index is 2.53. The quantitative estimate of drug-likeness (QED) is 0.770. The van der Waals surface area contributed by atoms with Crippen LogP contribution in [0.1, 0.15) is 59.9 Å². The van der Waals surface area contributed by atoms with Gasteiger partial charge in [-0.1, -0.05) is 56.3 Å². The number of fused-ring (bicyclic) bond motifs is 3. The van der Waals surface area contributed by atoms with Crippen LogP contribution in [0, 0.1) is 5.92 Å². The van der Waals surface area contributed by atoms with Crippen molar-refractivity contribution >= 4 is 0 Å². The van der Waals surface area contributed by atoms with Gasteiger partial charge in [0, 0.05) is 12.5 Å². The highest BCUT2D eigenvalue weighted by atomic mass is 15.1. The van der Waals surface area contributed by atoms with Crippen LogP contribution in [0.3, 0.4) is 0 Å². The molecule has 1 heteroatoms. The van der Waals surface area contributed by atoms with E-state index < -0.39 is 0 Å². The molecule has 1 aliphatic carbocycles. The maximum atomic E-state index is 2.53. The first-order chi connectivity index (χ1) is 11.7. The van der Waals surface area contributed by atoms with Gasteiger partial charge in [-0.25, -0.2) is 0 Å². The lowest BCUT2D eigenvalue weighted by Crippen LogP contribution is -2.36. The molecule has 0 N–H and O–H groups in total. The predicted molar refractivity (Wildman–Crippen MR) is 102 cm³/mol. The first-order valence-corrected chi connectivity index (χ1v) is 9.61. The fraction of sp³-hybridized carbons (Fsp3) is 0.478. The Labute approximate surface area is 146 Å². The Balaban J connectivity index is 1.80. The van der Waals surface area contributed by atoms with Crippen LogP contribution in [0.4, 0.5) is 0 Å². The van der Waals surface area contributed by atoms with Crippen LogP contribution in [0.2, 0.25) is 0 Å². The second-order valence-corrected chi connectivity index (χ2v) is 7.71. The van der Waals surface area contributed by atoms with E-state index in [0.29, 0.717) is 5.92 Å². The molecule has 3 atom stereocenters. The minimum atomic E-state index is 0.574. The molecule has 1 fully saturated rings. The number of rotatable bonds is 3. The zero-order valence-corrected chi connectivity index (χ0v) is 15.3. The van der Waals surface area contributed by atoms with Crippen molar-refractivity contribution in [2.45, 2.75) is 44.9 Å². The van der Waals surface area contributed by atoms with Crippen LogP contribution in [0.15, 0.2) is 42.5 Å². The molecular formula is C23H29N. The van der Waals surface area contributed by atoms with Crippen molar-refractivity contribution in [3.63, 3.8) is 0 Å². The molecule has 0 spiro atoms. The molecule has 1 aliphatic heterocycles. The van der Waals surface area contributed by atoms with Crippen LogP contribution in [-0.4, -0.2) is 25.0 Å². The average molecular weight is 319 g/mol. The highest BCUT2D eigenvalue weighted by Gasteiger charge is 2.43. The maximum Gasteiger partial charge on any atom is 0.0139 e. The van der Waals surface area contributed by atoms with Gasteiger partial charge in [0.15, 0.2) is 0 Å². The van der Waals surface area contributed by atoms with Gasteiger partial charge in [0.25, 0.3) is 0 Å². The first-order valence-electron chi connectivity index (χ1n) is 9.61. The summed E-state index contributed by atoms with van der Waals surface area (Å²) in [6.07, 6.45) is 3.56. The molecule has 0 unspecified atom stereocenters. The predicted octanol–water partition coefficient (Wildman–Crippen LogP) is 4.99. The monoisotopic (exact) mass is 319 g/mol. The summed E-state index contributed by atoms with van der Waals surface area (Å²) < 4.78 is 0. The van der Waals surface area contributed by atoms with Gasteiger partial charge in [-0.2, -0.15) is 0 Å². The van der Waals surface area contributed by atoms with Crippen LogP contribution in [0.5, 0.6) is 0 Å². The van der Waals surface area contributed by atoms with Crippen LogP contribution < -0.4 is 0 Å². The third kappa shape index (κ3) is 2.59. The van der Waals surface area contributed by atoms with E-state index in [1.165, 1.54) is 36.2 Å². The molecule has 4 rings (SSSR count). The van der Waals surface area contributed by atoms with Crippen LogP contribution >= 0.6 is 0 Å². The van der Waals surface area contributed by atoms with E-state index in [2.05, 4.69) is 68.3 Å². The van der Waals surface area contributed by atoms with Crippen LogP contribution in [-0.2, 0) is 12.8 Å². The lowest BCUT2D eigenvalue weighted by atomic mass is 9.79. The Hall–Kier alpha value is -1.60. The van der Waals surface area contributed by atoms with E-state index in [4.69, 9.17) is 0 Å². The number of aryl methyl sites for hydroxylation is 2. The summed E-state index contributed by atoms with van der Waals surface area (Å²) >= 11 is 0. The van der Waals surface area contributed by atoms with Gasteiger partial charge in [0.2, 0.25) is 0 Å². The summed E-state index contributed by atoms with van der Waals surface area (Å²) in [4.78, 5) is 2.53. The lowest BCUT2D eigenvalue weighted by Gasteiger charge is -2.35. The summed E-state index contributed by atoms with van der Waals surface area (Å²) in [5.74, 6) is 2.06. The molecule has 0 saturated carbocycles. The van der Waals surface area contributed by atoms with Crippen molar-refractivity contribution in [1.82, 2.24) is 4.90 Å². The third-order valence-corrected chi connectivity index (χ3v) is 6.33. The SMILES string of the molecule is CCc1ccc([C@@H]2c3cc(CC)ccc3[C@@H]3CCN(C)C[C@H]23)cc1. The molecule has 0 radical (unpaired) electrons. The molecule has 2 aromatic carbocycles. The largest absolute Gasteiger partial charge is 0.306 e. The highest BCUT2D eigenvalue weighted by molar-refractivity contribution is 5.49. The van der Waals surface area contributed by atoms with Gasteiger partial charge < -0.3 is 4.90 Å². The van der Waals surface area contributed by atoms with Gasteiger partial charge in [-0.05, 0) is 72.5 Å². The van der Waals surface area contributed by atoms with Crippen molar-refractivity contribution < 1.29 is 0 Å². The lowest BCUT2D eigenvalue weighted by molar-refractivity contribution is 0.184. The Morgan fingerprint density at radius 1 is 0.917 bits per heavy atom. The minimum absolute atomic E-state index is 0.574. The van der Waals surface area contributed by atoms with Gasteiger partial charge in [-0.3, -0.25) is 0 Å². The van der Waals surface area contributed by atoms with Crippen molar-refractivity contribution in [2.24, 2.45) is 5.92 Å². The van der Waals surface area contributed by atoms with E-state index in [-0.39, 0.29) is 0 Å². The normalized spacial score (nSPS) is 26.2. The van der Waals surface area contributed by atoms with E-state index >= 15 is 0 Å². The van der Waals surface area contributed by atoms with E-state index in [1.54, 1.807) is 11.1 Å². The number of nitrogens with zero attached hydrogens (tertiary/aromatic N) is 1. The summed E-state index contributed by atoms with van der Waals surface area (Å²) in [7, 11) is 2.29. The first kappa shape index (κ1) is 15.9. The average Bonchev–Trinajstić information content (AvgIpc) is 2.94. The number of hydrogen-bond acceptors (Lipinski definition) is 1. The summed E-state index contributed by atoms with van der Waals surface area (Å²) in [6, 6.07) is 16.8. The van der Waals surface area contributed by atoms with Gasteiger partial charge >= 0.3 is 0 Å². The molecule has 2 aromatic rings. The van der Waals surface area contributed by atoms with E-state index in [0.717, 1.165) is 24.7 Å². The molecule has 0 amide bonds. The van der Waals surface area contributed by atoms with Gasteiger partial charge in [0.1, 0.15) is 0 Å². The number of piperidine rings is 1. The number of likely N-dealkylation sites (tertiary alicyclic amines) is 1. The molecule has 1 nitrogen and oxygen atoms in total. The van der Waals surface area contributed by atoms with E-state index in [9.17, 15) is 0 Å². The standard InChI is InChI=1S/C23H29N/c1-4-16-6-9-18(10-7-16)23-21-14-17(5-2)8-11-19(21)20-12-13-24(3)15-22(20)23/h6-11,14,20,22-23H,4-5,12-13,15H2,1-3H3/t20-,22-,23+/m0/s1. The van der Waals surface area contributed by atoms with Gasteiger partial charge in [0.05, 0.1) is 0 Å². The van der Waals surface area contributed by atoms with Crippen molar-refractivity contribution in [1.29, 1.82) is 0 Å². The Morgan fingerprint density at radius 3 is 2.33 bits per heavy atom. The van der Waals surface area contributed by atoms with Crippen molar-refractivity contribution in [3.05, 3.63) is 70.3 Å². The Morgan fingerprint density at radius 2 is 1.62 bits per heavy atom. The molecule has 0 bridgehead atoms. The van der Waals surface area contributed by atoms with Crippen molar-refractivity contribution in [2.75, 3.05) is 20.1 Å². The second-order valence-electron chi connectivity index (χ2n) is 7.71. The van der Waals surface area contributed by atoms with Crippen molar-refractivity contribution in [3.8, 4) is 0 Å². The molecule has 1 saturated heterocycles. The molecule has 0 aromatic heterocycles. The Kier molecular flexibility index (Phi) is 4.22. The zero-order valence-electron chi connectivity index (χ0n) is 15.3. The molecule has 2 aliphatic rings. The molecule has 1 heterocycles. The number of hydrogen-bond donors (Lipinski definition) is 0. The fourth-order valence-corrected chi connectivity index (χ4v) is 4.95. The number of benzene rings is 2. The fourth-order valence-electron chi connectivity index (χ4n) is 4.95. The third-order valence-electron chi connectivity index (χ3n) is 6.33. The second kappa shape index (κ2) is 6.37. The summed E-state index contributed by atoms with van der Waals surface area (Å²) in [6.45, 7) is 6.96. The molecule has 24 heavy (non-hydrogen) atoms. The molecule has 126 valence electrons. The van der Waals surface area contributed by atoms with E-state index in [1.807, 2.05) is 0 Å².